The van der Waals surface area contributed by atoms with Gasteiger partial charge in [-0.1, -0.05) is 17.7 Å². The summed E-state index contributed by atoms with van der Waals surface area (Å²) in [5.41, 5.74) is 0.909. The summed E-state index contributed by atoms with van der Waals surface area (Å²) in [6.07, 6.45) is 2.43. The van der Waals surface area contributed by atoms with E-state index >= 15 is 0 Å². The van der Waals surface area contributed by atoms with Crippen molar-refractivity contribution in [2.24, 2.45) is 5.92 Å². The second-order valence-corrected chi connectivity index (χ2v) is 7.34. The highest BCUT2D eigenvalue weighted by molar-refractivity contribution is 6.31. The molecule has 2 amide bonds. The quantitative estimate of drug-likeness (QED) is 0.773. The summed E-state index contributed by atoms with van der Waals surface area (Å²) < 4.78 is 4.81. The van der Waals surface area contributed by atoms with Crippen LogP contribution in [0.4, 0.5) is 10.6 Å². The molecule has 8 heteroatoms. The van der Waals surface area contributed by atoms with Gasteiger partial charge >= 0.3 is 6.09 Å². The number of nitrogens with zero attached hydrogens (tertiary/aromatic N) is 2. The summed E-state index contributed by atoms with van der Waals surface area (Å²) in [4.78, 5) is 29.6. The average molecular weight is 405 g/mol. The maximum Gasteiger partial charge on any atom is 0.407 e. The Hall–Kier alpha value is -2.54. The number of carbonyl (C=O) groups is 2. The van der Waals surface area contributed by atoms with Crippen LogP contribution in [0.1, 0.15) is 19.3 Å². The zero-order chi connectivity index (χ0) is 19.9. The smallest absolute Gasteiger partial charge is 0.407 e. The Morgan fingerprint density at radius 2 is 2.00 bits per heavy atom. The van der Waals surface area contributed by atoms with Crippen molar-refractivity contribution in [2.75, 3.05) is 38.2 Å². The number of amides is 2. The molecule has 1 aliphatic rings. The molecule has 2 N–H and O–H groups in total. The minimum Gasteiger partial charge on any atom is -0.439 e. The van der Waals surface area contributed by atoms with Crippen LogP contribution in [0.5, 0.6) is 0 Å². The molecule has 1 saturated heterocycles. The Balaban J connectivity index is 1.42. The van der Waals surface area contributed by atoms with E-state index in [2.05, 4.69) is 27.7 Å². The van der Waals surface area contributed by atoms with Gasteiger partial charge in [0, 0.05) is 37.1 Å². The number of anilines is 1. The van der Waals surface area contributed by atoms with E-state index in [9.17, 15) is 9.59 Å². The highest BCUT2D eigenvalue weighted by Crippen LogP contribution is 2.26. The van der Waals surface area contributed by atoms with Gasteiger partial charge in [-0.3, -0.25) is 4.79 Å². The lowest BCUT2D eigenvalue weighted by Gasteiger charge is -2.33. The SMILES string of the molecule is CNC(=O)COC(=O)NCCC1CCN(c2ccc3ccc(Cl)cc3n2)CC1. The maximum atomic E-state index is 11.5. The number of ether oxygens (including phenoxy) is 1. The lowest BCUT2D eigenvalue weighted by atomic mass is 9.93. The second kappa shape index (κ2) is 9.59. The molecule has 0 radical (unpaired) electrons. The topological polar surface area (TPSA) is 83.6 Å². The van der Waals surface area contributed by atoms with E-state index in [-0.39, 0.29) is 12.5 Å². The molecule has 0 bridgehead atoms. The van der Waals surface area contributed by atoms with Crippen LogP contribution in [0.3, 0.4) is 0 Å². The fourth-order valence-corrected chi connectivity index (χ4v) is 3.51. The van der Waals surface area contributed by atoms with E-state index in [1.54, 1.807) is 0 Å². The molecule has 28 heavy (non-hydrogen) atoms. The molecule has 2 heterocycles. The van der Waals surface area contributed by atoms with Crippen molar-refractivity contribution in [2.45, 2.75) is 19.3 Å². The maximum absolute atomic E-state index is 11.5. The first-order chi connectivity index (χ1) is 13.5. The van der Waals surface area contributed by atoms with E-state index in [1.165, 1.54) is 7.05 Å². The molecular weight excluding hydrogens is 380 g/mol. The van der Waals surface area contributed by atoms with E-state index in [4.69, 9.17) is 21.3 Å². The number of nitrogens with one attached hydrogen (secondary N) is 2. The summed E-state index contributed by atoms with van der Waals surface area (Å²) in [6.45, 7) is 2.16. The molecule has 3 rings (SSSR count). The van der Waals surface area contributed by atoms with Gasteiger partial charge in [0.2, 0.25) is 0 Å². The van der Waals surface area contributed by atoms with E-state index in [0.717, 1.165) is 49.1 Å². The van der Waals surface area contributed by atoms with Gasteiger partial charge in [0.25, 0.3) is 5.91 Å². The number of halogens is 1. The van der Waals surface area contributed by atoms with Gasteiger partial charge in [0.1, 0.15) is 5.82 Å². The van der Waals surface area contributed by atoms with Crippen molar-refractivity contribution in [3.05, 3.63) is 35.4 Å². The summed E-state index contributed by atoms with van der Waals surface area (Å²) in [6, 6.07) is 9.88. The molecule has 150 valence electrons. The number of benzene rings is 1. The summed E-state index contributed by atoms with van der Waals surface area (Å²) >= 11 is 6.08. The van der Waals surface area contributed by atoms with Crippen molar-refractivity contribution >= 4 is 40.3 Å². The number of alkyl carbamates (subject to hydrolysis) is 1. The number of likely N-dealkylation sites (N-methyl/N-ethyl adjacent to an activating group) is 1. The van der Waals surface area contributed by atoms with Gasteiger partial charge in [-0.05, 0) is 49.4 Å². The van der Waals surface area contributed by atoms with Gasteiger partial charge in [-0.25, -0.2) is 9.78 Å². The number of rotatable bonds is 6. The van der Waals surface area contributed by atoms with Crippen molar-refractivity contribution < 1.29 is 14.3 Å². The van der Waals surface area contributed by atoms with Crippen LogP contribution in [-0.2, 0) is 9.53 Å². The molecule has 1 aromatic heterocycles. The first-order valence-electron chi connectivity index (χ1n) is 9.47. The predicted octanol–water partition coefficient (Wildman–Crippen LogP) is 2.97. The van der Waals surface area contributed by atoms with Crippen LogP contribution >= 0.6 is 11.6 Å². The van der Waals surface area contributed by atoms with Gasteiger partial charge in [0.05, 0.1) is 5.52 Å². The first-order valence-corrected chi connectivity index (χ1v) is 9.85. The molecule has 0 unspecified atom stereocenters. The fraction of sp³-hybridized carbons (Fsp3) is 0.450. The van der Waals surface area contributed by atoms with E-state index < -0.39 is 6.09 Å². The highest BCUT2D eigenvalue weighted by atomic mass is 35.5. The zero-order valence-corrected chi connectivity index (χ0v) is 16.7. The van der Waals surface area contributed by atoms with Gasteiger partial charge in [-0.2, -0.15) is 0 Å². The first kappa shape index (κ1) is 20.2. The minimum absolute atomic E-state index is 0.259. The van der Waals surface area contributed by atoms with Gasteiger partial charge in [0.15, 0.2) is 6.61 Å². The third-order valence-electron chi connectivity index (χ3n) is 5.01. The Morgan fingerprint density at radius 3 is 2.75 bits per heavy atom. The van der Waals surface area contributed by atoms with Crippen LogP contribution in [0, 0.1) is 5.92 Å². The van der Waals surface area contributed by atoms with Crippen molar-refractivity contribution in [3.63, 3.8) is 0 Å². The normalized spacial score (nSPS) is 14.7. The van der Waals surface area contributed by atoms with Crippen molar-refractivity contribution in [3.8, 4) is 0 Å². The fourth-order valence-electron chi connectivity index (χ4n) is 3.34. The molecule has 0 saturated carbocycles. The van der Waals surface area contributed by atoms with Crippen LogP contribution < -0.4 is 15.5 Å². The molecule has 1 aromatic carbocycles. The van der Waals surface area contributed by atoms with Crippen molar-refractivity contribution in [1.82, 2.24) is 15.6 Å². The number of fused-ring (bicyclic) bond motifs is 1. The van der Waals surface area contributed by atoms with Crippen LogP contribution in [-0.4, -0.2) is 50.3 Å². The van der Waals surface area contributed by atoms with Crippen LogP contribution in [0.25, 0.3) is 10.9 Å². The number of aromatic nitrogens is 1. The minimum atomic E-state index is -0.555. The molecule has 0 aliphatic carbocycles. The predicted molar refractivity (Wildman–Crippen MR) is 110 cm³/mol. The number of hydrogen-bond acceptors (Lipinski definition) is 5. The third-order valence-corrected chi connectivity index (χ3v) is 5.25. The highest BCUT2D eigenvalue weighted by Gasteiger charge is 2.20. The Labute approximate surface area is 169 Å². The van der Waals surface area contributed by atoms with Crippen molar-refractivity contribution in [1.29, 1.82) is 0 Å². The van der Waals surface area contributed by atoms with Gasteiger partial charge < -0.3 is 20.3 Å². The molecule has 0 spiro atoms. The molecule has 1 fully saturated rings. The zero-order valence-electron chi connectivity index (χ0n) is 15.9. The van der Waals surface area contributed by atoms with Crippen LogP contribution in [0.2, 0.25) is 5.02 Å². The number of piperidine rings is 1. The molecule has 2 aromatic rings. The Bertz CT molecular complexity index is 837. The largest absolute Gasteiger partial charge is 0.439 e. The average Bonchev–Trinajstić information content (AvgIpc) is 2.72. The van der Waals surface area contributed by atoms with Gasteiger partial charge in [-0.15, -0.1) is 0 Å². The summed E-state index contributed by atoms with van der Waals surface area (Å²) in [5, 5.41) is 6.87. The van der Waals surface area contributed by atoms with Crippen LogP contribution in [0.15, 0.2) is 30.3 Å². The molecule has 0 atom stereocenters. The molecule has 7 nitrogen and oxygen atoms in total. The lowest BCUT2D eigenvalue weighted by Crippen LogP contribution is -2.36. The number of pyridine rings is 1. The van der Waals surface area contributed by atoms with E-state index in [1.807, 2.05) is 18.2 Å². The number of hydrogen-bond donors (Lipinski definition) is 2. The van der Waals surface area contributed by atoms with E-state index in [0.29, 0.717) is 17.5 Å². The second-order valence-electron chi connectivity index (χ2n) is 6.90. The third kappa shape index (κ3) is 5.48. The summed E-state index contributed by atoms with van der Waals surface area (Å²) in [7, 11) is 1.50. The molecular formula is C20H25ClN4O3. The lowest BCUT2D eigenvalue weighted by molar-refractivity contribution is -0.123. The Morgan fingerprint density at radius 1 is 1.25 bits per heavy atom. The Kier molecular flexibility index (Phi) is 6.92. The molecule has 1 aliphatic heterocycles. The standard InChI is InChI=1S/C20H25ClN4O3/c1-22-19(26)13-28-20(27)23-9-6-14-7-10-25(11-8-14)18-5-3-15-2-4-16(21)12-17(15)24-18/h2-5,12,14H,6-11,13H2,1H3,(H,22,26)(H,23,27). The number of carbonyl (C=O) groups excluding carboxylic acids is 2. The monoisotopic (exact) mass is 404 g/mol. The summed E-state index contributed by atoms with van der Waals surface area (Å²) in [5.74, 6) is 1.20.